The van der Waals surface area contributed by atoms with Crippen LogP contribution in [0.2, 0.25) is 8.67 Å². The van der Waals surface area contributed by atoms with Crippen LogP contribution in [0.4, 0.5) is 0 Å². The van der Waals surface area contributed by atoms with Crippen molar-refractivity contribution in [3.8, 4) is 5.75 Å². The Kier molecular flexibility index (Phi) is 4.27. The van der Waals surface area contributed by atoms with Crippen LogP contribution in [-0.4, -0.2) is 12.4 Å². The number of benzene rings is 1. The highest BCUT2D eigenvalue weighted by atomic mass is 35.5. The van der Waals surface area contributed by atoms with Crippen molar-refractivity contribution in [1.29, 1.82) is 0 Å². The molecule has 0 unspecified atom stereocenters. The molecule has 0 bridgehead atoms. The number of halogens is 2. The lowest BCUT2D eigenvalue weighted by atomic mass is 10.1. The fourth-order valence-corrected chi connectivity index (χ4v) is 2.98. The number of hydrogen-bond donors (Lipinski definition) is 0. The molecule has 0 fully saturated rings. The Morgan fingerprint density at radius 1 is 1.28 bits per heavy atom. The first-order valence-corrected chi connectivity index (χ1v) is 6.91. The van der Waals surface area contributed by atoms with Gasteiger partial charge in [0.15, 0.2) is 5.78 Å². The van der Waals surface area contributed by atoms with Crippen LogP contribution >= 0.6 is 34.5 Å². The lowest BCUT2D eigenvalue weighted by Gasteiger charge is -2.04. The average molecular weight is 301 g/mol. The van der Waals surface area contributed by atoms with Crippen LogP contribution in [0.3, 0.4) is 0 Å². The predicted octanol–water partition coefficient (Wildman–Crippen LogP) is 4.68. The number of ether oxygens (including phenoxy) is 1. The second kappa shape index (κ2) is 5.74. The van der Waals surface area contributed by atoms with E-state index < -0.39 is 0 Å². The molecule has 0 aliphatic carbocycles. The highest BCUT2D eigenvalue weighted by Gasteiger charge is 2.16. The normalized spacial score (nSPS) is 10.4. The molecule has 1 heterocycles. The molecule has 2 aromatic rings. The molecule has 0 N–H and O–H groups in total. The summed E-state index contributed by atoms with van der Waals surface area (Å²) in [5.74, 6) is 0.606. The summed E-state index contributed by atoms with van der Waals surface area (Å²) in [4.78, 5) is 12.2. The monoisotopic (exact) mass is 300 g/mol. The van der Waals surface area contributed by atoms with E-state index in [1.54, 1.807) is 30.3 Å². The van der Waals surface area contributed by atoms with E-state index in [9.17, 15) is 4.79 Å². The second-order valence-electron chi connectivity index (χ2n) is 3.52. The molecule has 0 saturated carbocycles. The summed E-state index contributed by atoms with van der Waals surface area (Å²) in [5.41, 5.74) is 1.01. The summed E-state index contributed by atoms with van der Waals surface area (Å²) >= 11 is 13.0. The van der Waals surface area contributed by atoms with Crippen molar-refractivity contribution >= 4 is 40.3 Å². The fourth-order valence-electron chi connectivity index (χ4n) is 1.52. The molecular weight excluding hydrogens is 291 g/mol. The lowest BCUT2D eigenvalue weighted by Crippen LogP contribution is -2.00. The number of carbonyl (C=O) groups excluding carboxylic acids is 1. The molecule has 94 valence electrons. The van der Waals surface area contributed by atoms with E-state index in [1.807, 2.05) is 6.92 Å². The molecule has 18 heavy (non-hydrogen) atoms. The van der Waals surface area contributed by atoms with E-state index in [0.29, 0.717) is 26.4 Å². The average Bonchev–Trinajstić information content (AvgIpc) is 2.69. The van der Waals surface area contributed by atoms with Crippen LogP contribution in [0.25, 0.3) is 0 Å². The van der Waals surface area contributed by atoms with Gasteiger partial charge < -0.3 is 4.74 Å². The predicted molar refractivity (Wildman–Crippen MR) is 75.4 cm³/mol. The summed E-state index contributed by atoms with van der Waals surface area (Å²) in [6.45, 7) is 2.51. The maximum Gasteiger partial charge on any atom is 0.195 e. The molecule has 1 aromatic heterocycles. The van der Waals surface area contributed by atoms with Crippen LogP contribution in [0, 0.1) is 0 Å². The Bertz CT molecular complexity index is 561. The molecular formula is C13H10Cl2O2S. The molecule has 0 aliphatic heterocycles. The quantitative estimate of drug-likeness (QED) is 0.766. The zero-order valence-corrected chi connectivity index (χ0v) is 11.9. The van der Waals surface area contributed by atoms with Gasteiger partial charge in [-0.3, -0.25) is 4.79 Å². The first-order chi connectivity index (χ1) is 8.61. The van der Waals surface area contributed by atoms with E-state index >= 15 is 0 Å². The van der Waals surface area contributed by atoms with Crippen molar-refractivity contribution in [3.05, 3.63) is 50.1 Å². The molecule has 2 rings (SSSR count). The lowest BCUT2D eigenvalue weighted by molar-refractivity contribution is 0.103. The number of carbonyl (C=O) groups is 1. The highest BCUT2D eigenvalue weighted by molar-refractivity contribution is 7.20. The van der Waals surface area contributed by atoms with Gasteiger partial charge in [0, 0.05) is 5.56 Å². The molecule has 0 atom stereocenters. The highest BCUT2D eigenvalue weighted by Crippen LogP contribution is 2.32. The smallest absolute Gasteiger partial charge is 0.195 e. The Morgan fingerprint density at radius 3 is 2.44 bits per heavy atom. The largest absolute Gasteiger partial charge is 0.494 e. The van der Waals surface area contributed by atoms with Gasteiger partial charge in [-0.25, -0.2) is 0 Å². The number of ketones is 1. The van der Waals surface area contributed by atoms with Gasteiger partial charge in [0.25, 0.3) is 0 Å². The molecule has 0 saturated heterocycles. The third kappa shape index (κ3) is 2.86. The molecule has 0 radical (unpaired) electrons. The number of thiophene rings is 1. The van der Waals surface area contributed by atoms with Gasteiger partial charge in [0.05, 0.1) is 16.5 Å². The summed E-state index contributed by atoms with van der Waals surface area (Å²) < 4.78 is 6.24. The van der Waals surface area contributed by atoms with Gasteiger partial charge >= 0.3 is 0 Å². The number of rotatable bonds is 4. The minimum Gasteiger partial charge on any atom is -0.494 e. The summed E-state index contributed by atoms with van der Waals surface area (Å²) in [6.07, 6.45) is 0. The van der Waals surface area contributed by atoms with Gasteiger partial charge in [-0.1, -0.05) is 23.2 Å². The third-order valence-electron chi connectivity index (χ3n) is 2.33. The van der Waals surface area contributed by atoms with E-state index in [0.717, 1.165) is 5.75 Å². The van der Waals surface area contributed by atoms with Crippen LogP contribution in [0.15, 0.2) is 30.3 Å². The third-order valence-corrected chi connectivity index (χ3v) is 3.82. The minimum absolute atomic E-state index is 0.133. The van der Waals surface area contributed by atoms with Crippen LogP contribution < -0.4 is 4.74 Å². The van der Waals surface area contributed by atoms with Crippen molar-refractivity contribution in [1.82, 2.24) is 0 Å². The maximum atomic E-state index is 12.2. The van der Waals surface area contributed by atoms with Gasteiger partial charge in [-0.05, 0) is 37.3 Å². The van der Waals surface area contributed by atoms with Gasteiger partial charge in [0.2, 0.25) is 0 Å². The first kappa shape index (κ1) is 13.4. The Morgan fingerprint density at radius 2 is 1.94 bits per heavy atom. The molecule has 0 spiro atoms. The van der Waals surface area contributed by atoms with Gasteiger partial charge in [0.1, 0.15) is 10.1 Å². The van der Waals surface area contributed by atoms with Crippen LogP contribution in [-0.2, 0) is 0 Å². The SMILES string of the molecule is CCOc1ccc(C(=O)c2cc(Cl)sc2Cl)cc1. The van der Waals surface area contributed by atoms with Gasteiger partial charge in [-0.2, -0.15) is 0 Å². The maximum absolute atomic E-state index is 12.2. The van der Waals surface area contributed by atoms with Gasteiger partial charge in [-0.15, -0.1) is 11.3 Å². The zero-order chi connectivity index (χ0) is 13.1. The van der Waals surface area contributed by atoms with Crippen molar-refractivity contribution < 1.29 is 9.53 Å². The Hall–Kier alpha value is -1.03. The zero-order valence-electron chi connectivity index (χ0n) is 9.57. The topological polar surface area (TPSA) is 26.3 Å². The van der Waals surface area contributed by atoms with Crippen LogP contribution in [0.5, 0.6) is 5.75 Å². The van der Waals surface area contributed by atoms with E-state index in [2.05, 4.69) is 0 Å². The summed E-state index contributed by atoms with van der Waals surface area (Å²) in [7, 11) is 0. The molecule has 5 heteroatoms. The summed E-state index contributed by atoms with van der Waals surface area (Å²) in [6, 6.07) is 8.55. The Labute approximate surface area is 119 Å². The molecule has 1 aromatic carbocycles. The van der Waals surface area contributed by atoms with Crippen molar-refractivity contribution in [2.24, 2.45) is 0 Å². The molecule has 0 amide bonds. The fraction of sp³-hybridized carbons (Fsp3) is 0.154. The first-order valence-electron chi connectivity index (χ1n) is 5.34. The van der Waals surface area contributed by atoms with E-state index in [4.69, 9.17) is 27.9 Å². The second-order valence-corrected chi connectivity index (χ2v) is 5.81. The van der Waals surface area contributed by atoms with Crippen molar-refractivity contribution in [3.63, 3.8) is 0 Å². The van der Waals surface area contributed by atoms with Crippen molar-refractivity contribution in [2.75, 3.05) is 6.61 Å². The van der Waals surface area contributed by atoms with Crippen molar-refractivity contribution in [2.45, 2.75) is 6.92 Å². The minimum atomic E-state index is -0.133. The number of hydrogen-bond acceptors (Lipinski definition) is 3. The summed E-state index contributed by atoms with van der Waals surface area (Å²) in [5, 5.41) is 0. The van der Waals surface area contributed by atoms with E-state index in [-0.39, 0.29) is 5.78 Å². The standard InChI is InChI=1S/C13H10Cl2O2S/c1-2-17-9-5-3-8(4-6-9)12(16)10-7-11(14)18-13(10)15/h3-7H,2H2,1H3. The molecule has 0 aliphatic rings. The van der Waals surface area contributed by atoms with E-state index in [1.165, 1.54) is 11.3 Å². The molecule has 2 nitrogen and oxygen atoms in total. The van der Waals surface area contributed by atoms with Crippen LogP contribution in [0.1, 0.15) is 22.8 Å². The Balaban J connectivity index is 2.26.